The first-order valence-corrected chi connectivity index (χ1v) is 7.07. The summed E-state index contributed by atoms with van der Waals surface area (Å²) in [6.45, 7) is 5.84. The van der Waals surface area contributed by atoms with E-state index in [-0.39, 0.29) is 12.0 Å². The van der Waals surface area contributed by atoms with E-state index in [1.807, 2.05) is 0 Å². The van der Waals surface area contributed by atoms with Crippen LogP contribution in [0.15, 0.2) is 0 Å². The van der Waals surface area contributed by atoms with Crippen molar-refractivity contribution in [1.82, 2.24) is 5.32 Å². The van der Waals surface area contributed by atoms with Crippen LogP contribution in [0.5, 0.6) is 0 Å². The molecule has 0 aromatic rings. The molecule has 3 heteroatoms. The molecule has 4 unspecified atom stereocenters. The predicted molar refractivity (Wildman–Crippen MR) is 68.0 cm³/mol. The van der Waals surface area contributed by atoms with Crippen LogP contribution in [-0.4, -0.2) is 31.1 Å². The molecule has 2 fully saturated rings. The van der Waals surface area contributed by atoms with Gasteiger partial charge in [-0.3, -0.25) is 4.79 Å². The van der Waals surface area contributed by atoms with Gasteiger partial charge in [0.25, 0.3) is 0 Å². The van der Waals surface area contributed by atoms with Crippen molar-refractivity contribution in [2.75, 3.05) is 13.2 Å². The fraction of sp³-hybridized carbons (Fsp3) is 0.929. The molecule has 1 heterocycles. The summed E-state index contributed by atoms with van der Waals surface area (Å²) in [5.74, 6) is 1.40. The minimum Gasteiger partial charge on any atom is -0.378 e. The average Bonchev–Trinajstić information content (AvgIpc) is 2.32. The fourth-order valence-electron chi connectivity index (χ4n) is 3.27. The van der Waals surface area contributed by atoms with E-state index in [1.165, 1.54) is 12.8 Å². The highest BCUT2D eigenvalue weighted by atomic mass is 16.5. The summed E-state index contributed by atoms with van der Waals surface area (Å²) in [5, 5.41) is 3.53. The van der Waals surface area contributed by atoms with E-state index in [4.69, 9.17) is 4.74 Å². The van der Waals surface area contributed by atoms with Crippen LogP contribution < -0.4 is 5.32 Å². The third kappa shape index (κ3) is 3.29. The topological polar surface area (TPSA) is 38.3 Å². The van der Waals surface area contributed by atoms with Gasteiger partial charge in [0.2, 0.25) is 0 Å². The Labute approximate surface area is 104 Å². The smallest absolute Gasteiger partial charge is 0.137 e. The zero-order chi connectivity index (χ0) is 12.3. The summed E-state index contributed by atoms with van der Waals surface area (Å²) in [7, 11) is 0. The summed E-state index contributed by atoms with van der Waals surface area (Å²) >= 11 is 0. The number of nitrogens with one attached hydrogen (secondary N) is 1. The molecule has 1 saturated carbocycles. The summed E-state index contributed by atoms with van der Waals surface area (Å²) in [5.41, 5.74) is 0. The molecule has 98 valence electrons. The number of carbonyl (C=O) groups is 1. The molecule has 0 radical (unpaired) electrons. The molecule has 2 rings (SSSR count). The number of hydrogen-bond acceptors (Lipinski definition) is 3. The highest BCUT2D eigenvalue weighted by Crippen LogP contribution is 2.32. The van der Waals surface area contributed by atoms with E-state index in [9.17, 15) is 4.79 Å². The summed E-state index contributed by atoms with van der Waals surface area (Å²) in [4.78, 5) is 12.1. The van der Waals surface area contributed by atoms with Gasteiger partial charge in [-0.25, -0.2) is 0 Å². The van der Waals surface area contributed by atoms with E-state index in [0.29, 0.717) is 18.4 Å². The van der Waals surface area contributed by atoms with Gasteiger partial charge < -0.3 is 10.1 Å². The molecule has 17 heavy (non-hydrogen) atoms. The molecule has 0 bridgehead atoms. The second-order valence-corrected chi connectivity index (χ2v) is 5.71. The molecule has 1 aliphatic heterocycles. The van der Waals surface area contributed by atoms with Crippen molar-refractivity contribution in [1.29, 1.82) is 0 Å². The Hall–Kier alpha value is -0.410. The molecule has 0 spiro atoms. The maximum Gasteiger partial charge on any atom is 0.137 e. The highest BCUT2D eigenvalue weighted by molar-refractivity contribution is 5.82. The van der Waals surface area contributed by atoms with Crippen LogP contribution >= 0.6 is 0 Å². The lowest BCUT2D eigenvalue weighted by atomic mass is 9.75. The van der Waals surface area contributed by atoms with Crippen LogP contribution in [0.3, 0.4) is 0 Å². The third-order valence-electron chi connectivity index (χ3n) is 4.15. The van der Waals surface area contributed by atoms with Crippen LogP contribution in [0.4, 0.5) is 0 Å². The summed E-state index contributed by atoms with van der Waals surface area (Å²) in [6, 6.07) is 0.638. The third-order valence-corrected chi connectivity index (χ3v) is 4.15. The van der Waals surface area contributed by atoms with Crippen LogP contribution in [0.25, 0.3) is 0 Å². The number of ketones is 1. The van der Waals surface area contributed by atoms with Gasteiger partial charge in [-0.2, -0.15) is 0 Å². The first-order chi connectivity index (χ1) is 8.20. The highest BCUT2D eigenvalue weighted by Gasteiger charge is 2.36. The number of morpholine rings is 1. The normalized spacial score (nSPS) is 39.3. The second-order valence-electron chi connectivity index (χ2n) is 5.71. The van der Waals surface area contributed by atoms with E-state index in [2.05, 4.69) is 19.2 Å². The fourth-order valence-corrected chi connectivity index (χ4v) is 3.27. The van der Waals surface area contributed by atoms with Gasteiger partial charge in [-0.15, -0.1) is 0 Å². The standard InChI is InChI=1S/C14H25NO2/c1-3-4-11-5-6-14(16)12(7-11)13-9-17-8-10(2)15-13/h10-13,15H,3-9H2,1-2H3. The lowest BCUT2D eigenvalue weighted by Gasteiger charge is -2.38. The zero-order valence-corrected chi connectivity index (χ0v) is 11.1. The van der Waals surface area contributed by atoms with Crippen molar-refractivity contribution in [3.05, 3.63) is 0 Å². The molecular weight excluding hydrogens is 214 g/mol. The Balaban J connectivity index is 1.94. The van der Waals surface area contributed by atoms with Gasteiger partial charge in [0.1, 0.15) is 5.78 Å². The van der Waals surface area contributed by atoms with E-state index >= 15 is 0 Å². The van der Waals surface area contributed by atoms with Gasteiger partial charge in [-0.05, 0) is 25.7 Å². The number of hydrogen-bond donors (Lipinski definition) is 1. The largest absolute Gasteiger partial charge is 0.378 e. The summed E-state index contributed by atoms with van der Waals surface area (Å²) in [6.07, 6.45) is 5.46. The van der Waals surface area contributed by atoms with Gasteiger partial charge in [0.05, 0.1) is 13.2 Å². The van der Waals surface area contributed by atoms with E-state index in [0.717, 1.165) is 31.8 Å². The van der Waals surface area contributed by atoms with Crippen LogP contribution in [0.2, 0.25) is 0 Å². The minimum atomic E-state index is 0.197. The van der Waals surface area contributed by atoms with Crippen LogP contribution in [0.1, 0.15) is 46.0 Å². The van der Waals surface area contributed by atoms with Crippen molar-refractivity contribution in [3.63, 3.8) is 0 Å². The maximum atomic E-state index is 12.1. The number of carbonyl (C=O) groups excluding carboxylic acids is 1. The molecule has 1 saturated heterocycles. The second kappa shape index (κ2) is 5.96. The Morgan fingerprint density at radius 2 is 2.24 bits per heavy atom. The van der Waals surface area contributed by atoms with Gasteiger partial charge >= 0.3 is 0 Å². The Morgan fingerprint density at radius 3 is 2.94 bits per heavy atom. The van der Waals surface area contributed by atoms with Crippen molar-refractivity contribution >= 4 is 5.78 Å². The molecule has 1 N–H and O–H groups in total. The van der Waals surface area contributed by atoms with Crippen molar-refractivity contribution in [3.8, 4) is 0 Å². The van der Waals surface area contributed by atoms with Crippen LogP contribution in [-0.2, 0) is 9.53 Å². The van der Waals surface area contributed by atoms with Gasteiger partial charge in [0, 0.05) is 24.4 Å². The quantitative estimate of drug-likeness (QED) is 0.820. The first-order valence-electron chi connectivity index (χ1n) is 7.07. The SMILES string of the molecule is CCCC1CCC(=O)C(C2COCC(C)N2)C1. The van der Waals surface area contributed by atoms with Crippen molar-refractivity contribution < 1.29 is 9.53 Å². The average molecular weight is 239 g/mol. The zero-order valence-electron chi connectivity index (χ0n) is 11.1. The van der Waals surface area contributed by atoms with E-state index in [1.54, 1.807) is 0 Å². The molecule has 2 aliphatic rings. The minimum absolute atomic E-state index is 0.197. The van der Waals surface area contributed by atoms with Crippen molar-refractivity contribution in [2.24, 2.45) is 11.8 Å². The van der Waals surface area contributed by atoms with Gasteiger partial charge in [-0.1, -0.05) is 19.8 Å². The van der Waals surface area contributed by atoms with Gasteiger partial charge in [0.15, 0.2) is 0 Å². The molecule has 3 nitrogen and oxygen atoms in total. The predicted octanol–water partition coefficient (Wildman–Crippen LogP) is 2.15. The molecule has 4 atom stereocenters. The molecule has 0 aromatic heterocycles. The first kappa shape index (κ1) is 13.0. The van der Waals surface area contributed by atoms with E-state index < -0.39 is 0 Å². The summed E-state index contributed by atoms with van der Waals surface area (Å²) < 4.78 is 5.58. The van der Waals surface area contributed by atoms with Crippen molar-refractivity contribution in [2.45, 2.75) is 58.0 Å². The molecule has 1 aliphatic carbocycles. The lowest BCUT2D eigenvalue weighted by Crippen LogP contribution is -2.53. The number of rotatable bonds is 3. The molecule has 0 aromatic carbocycles. The van der Waals surface area contributed by atoms with Crippen LogP contribution in [0, 0.1) is 11.8 Å². The number of Topliss-reactive ketones (excluding diaryl/α,β-unsaturated/α-hetero) is 1. The molecule has 0 amide bonds. The Morgan fingerprint density at radius 1 is 1.41 bits per heavy atom. The maximum absolute atomic E-state index is 12.1. The monoisotopic (exact) mass is 239 g/mol. The Bertz CT molecular complexity index is 267. The number of ether oxygens (including phenoxy) is 1. The molecular formula is C14H25NO2. The Kier molecular flexibility index (Phi) is 4.57. The lowest BCUT2D eigenvalue weighted by molar-refractivity contribution is -0.128.